The van der Waals surface area contributed by atoms with Crippen LogP contribution in [0.15, 0.2) is 45.9 Å². The number of benzene rings is 1. The summed E-state index contributed by atoms with van der Waals surface area (Å²) in [5, 5.41) is 2.87. The minimum atomic E-state index is -3.60. The number of amides is 2. The van der Waals surface area contributed by atoms with Crippen LogP contribution >= 0.6 is 0 Å². The van der Waals surface area contributed by atoms with E-state index in [0.717, 1.165) is 31.4 Å². The van der Waals surface area contributed by atoms with Crippen LogP contribution in [-0.2, 0) is 32.5 Å². The second kappa shape index (κ2) is 9.46. The maximum absolute atomic E-state index is 13.2. The second-order valence-corrected chi connectivity index (χ2v) is 10.3. The highest BCUT2D eigenvalue weighted by atomic mass is 32.2. The molecule has 0 saturated carbocycles. The average molecular weight is 460 g/mol. The van der Waals surface area contributed by atoms with Crippen molar-refractivity contribution in [3.8, 4) is 0 Å². The molecule has 4 rings (SSSR count). The van der Waals surface area contributed by atoms with Gasteiger partial charge in [0.15, 0.2) is 0 Å². The number of hydrogen-bond acceptors (Lipinski definition) is 5. The maximum atomic E-state index is 13.2. The molecule has 2 aliphatic rings. The Morgan fingerprint density at radius 1 is 1.12 bits per heavy atom. The summed E-state index contributed by atoms with van der Waals surface area (Å²) in [4.78, 5) is 26.9. The molecule has 2 aromatic rings. The molecule has 0 spiro atoms. The highest BCUT2D eigenvalue weighted by Gasteiger charge is 2.38. The van der Waals surface area contributed by atoms with E-state index in [0.29, 0.717) is 37.3 Å². The van der Waals surface area contributed by atoms with Gasteiger partial charge in [-0.3, -0.25) is 14.5 Å². The van der Waals surface area contributed by atoms with Gasteiger partial charge in [-0.05, 0) is 48.7 Å². The fourth-order valence-corrected chi connectivity index (χ4v) is 6.07. The van der Waals surface area contributed by atoms with Gasteiger partial charge < -0.3 is 9.73 Å². The minimum absolute atomic E-state index is 0.223. The molecule has 0 unspecified atom stereocenters. The van der Waals surface area contributed by atoms with Crippen LogP contribution in [0.1, 0.15) is 43.9 Å². The number of hydrogen-bond donors (Lipinski definition) is 1. The normalized spacial score (nSPS) is 19.4. The fourth-order valence-electron chi connectivity index (χ4n) is 4.50. The van der Waals surface area contributed by atoms with Crippen LogP contribution in [0.25, 0.3) is 0 Å². The largest absolute Gasteiger partial charge is 0.469 e. The summed E-state index contributed by atoms with van der Waals surface area (Å²) in [7, 11) is -3.60. The number of nitrogens with one attached hydrogen (secondary N) is 1. The molecule has 1 N–H and O–H groups in total. The van der Waals surface area contributed by atoms with Gasteiger partial charge in [0.25, 0.3) is 0 Å². The third-order valence-electron chi connectivity index (χ3n) is 6.13. The van der Waals surface area contributed by atoms with Gasteiger partial charge in [0.2, 0.25) is 21.8 Å². The predicted molar refractivity (Wildman–Crippen MR) is 120 cm³/mol. The molecule has 32 heavy (non-hydrogen) atoms. The number of anilines is 1. The molecular formula is C23H29N3O5S. The van der Waals surface area contributed by atoms with Gasteiger partial charge in [-0.1, -0.05) is 12.8 Å². The summed E-state index contributed by atoms with van der Waals surface area (Å²) in [6.07, 6.45) is 6.23. The Hall–Kier alpha value is -2.65. The first-order valence-corrected chi connectivity index (χ1v) is 12.5. The molecule has 9 heteroatoms. The number of carbonyl (C=O) groups is 2. The Morgan fingerprint density at radius 2 is 1.88 bits per heavy atom. The van der Waals surface area contributed by atoms with Gasteiger partial charge >= 0.3 is 0 Å². The van der Waals surface area contributed by atoms with Crippen LogP contribution in [0.2, 0.25) is 0 Å². The molecule has 1 saturated heterocycles. The number of fused-ring (bicyclic) bond motifs is 1. The second-order valence-electron chi connectivity index (χ2n) is 8.34. The topological polar surface area (TPSA) is 99.9 Å². The quantitative estimate of drug-likeness (QED) is 0.715. The van der Waals surface area contributed by atoms with Crippen molar-refractivity contribution in [2.45, 2.75) is 56.4 Å². The van der Waals surface area contributed by atoms with E-state index in [-0.39, 0.29) is 23.1 Å². The van der Waals surface area contributed by atoms with E-state index in [1.54, 1.807) is 34.8 Å². The molecular weight excluding hydrogens is 430 g/mol. The van der Waals surface area contributed by atoms with Gasteiger partial charge in [-0.15, -0.1) is 0 Å². The van der Waals surface area contributed by atoms with Gasteiger partial charge in [0, 0.05) is 45.1 Å². The Morgan fingerprint density at radius 3 is 2.53 bits per heavy atom. The summed E-state index contributed by atoms with van der Waals surface area (Å²) >= 11 is 0. The van der Waals surface area contributed by atoms with Crippen molar-refractivity contribution in [2.75, 3.05) is 24.5 Å². The first-order chi connectivity index (χ1) is 15.4. The standard InChI is InChI=1S/C23H29N3O5S/c1-17(27)26-21-9-8-20(32(29,30)25-12-4-2-3-5-13-25)15-18(21)16-22(26)23(28)24-11-10-19-7-6-14-31-19/h6-9,14-15,22H,2-5,10-13,16H2,1H3,(H,24,28)/t22-/m1/s1. The Labute approximate surface area is 188 Å². The smallest absolute Gasteiger partial charge is 0.243 e. The Kier molecular flexibility index (Phi) is 6.66. The fraction of sp³-hybridized carbons (Fsp3) is 0.478. The molecule has 172 valence electrons. The Bertz CT molecular complexity index is 1070. The highest BCUT2D eigenvalue weighted by molar-refractivity contribution is 7.89. The van der Waals surface area contributed by atoms with Crippen LogP contribution in [0, 0.1) is 0 Å². The van der Waals surface area contributed by atoms with Gasteiger partial charge in [0.1, 0.15) is 11.8 Å². The molecule has 1 aromatic heterocycles. The van der Waals surface area contributed by atoms with Crippen LogP contribution in [0.4, 0.5) is 5.69 Å². The lowest BCUT2D eigenvalue weighted by atomic mass is 10.1. The third-order valence-corrected chi connectivity index (χ3v) is 8.03. The molecule has 3 heterocycles. The van der Waals surface area contributed by atoms with Crippen molar-refractivity contribution in [3.63, 3.8) is 0 Å². The van der Waals surface area contributed by atoms with Crippen molar-refractivity contribution < 1.29 is 22.4 Å². The molecule has 1 fully saturated rings. The van der Waals surface area contributed by atoms with E-state index < -0.39 is 16.1 Å². The first-order valence-electron chi connectivity index (χ1n) is 11.1. The number of carbonyl (C=O) groups excluding carboxylic acids is 2. The third kappa shape index (κ3) is 4.59. The van der Waals surface area contributed by atoms with Gasteiger partial charge in [-0.2, -0.15) is 4.31 Å². The molecule has 2 aliphatic heterocycles. The molecule has 2 amide bonds. The maximum Gasteiger partial charge on any atom is 0.243 e. The van der Waals surface area contributed by atoms with E-state index in [4.69, 9.17) is 4.42 Å². The molecule has 1 aromatic carbocycles. The summed E-state index contributed by atoms with van der Waals surface area (Å²) in [5.41, 5.74) is 1.29. The lowest BCUT2D eigenvalue weighted by Crippen LogP contribution is -2.47. The SMILES string of the molecule is CC(=O)N1c2ccc(S(=O)(=O)N3CCCCCC3)cc2C[C@@H]1C(=O)NCCc1ccco1. The van der Waals surface area contributed by atoms with E-state index in [9.17, 15) is 18.0 Å². The molecule has 0 radical (unpaired) electrons. The lowest BCUT2D eigenvalue weighted by molar-refractivity contribution is -0.125. The van der Waals surface area contributed by atoms with E-state index >= 15 is 0 Å². The molecule has 0 bridgehead atoms. The first kappa shape index (κ1) is 22.5. The van der Waals surface area contributed by atoms with Crippen LogP contribution in [0.3, 0.4) is 0 Å². The van der Waals surface area contributed by atoms with Gasteiger partial charge in [-0.25, -0.2) is 8.42 Å². The summed E-state index contributed by atoms with van der Waals surface area (Å²) in [5.74, 6) is 0.254. The number of nitrogens with zero attached hydrogens (tertiary/aromatic N) is 2. The van der Waals surface area contributed by atoms with E-state index in [1.165, 1.54) is 11.8 Å². The zero-order chi connectivity index (χ0) is 22.7. The minimum Gasteiger partial charge on any atom is -0.469 e. The number of sulfonamides is 1. The van der Waals surface area contributed by atoms with Crippen LogP contribution < -0.4 is 10.2 Å². The average Bonchev–Trinajstić information content (AvgIpc) is 3.32. The predicted octanol–water partition coefficient (Wildman–Crippen LogP) is 2.48. The van der Waals surface area contributed by atoms with Crippen molar-refractivity contribution in [1.29, 1.82) is 0 Å². The van der Waals surface area contributed by atoms with Crippen molar-refractivity contribution in [2.24, 2.45) is 0 Å². The summed E-state index contributed by atoms with van der Waals surface area (Å²) in [6.45, 7) is 2.86. The van der Waals surface area contributed by atoms with Crippen LogP contribution in [-0.4, -0.2) is 50.2 Å². The molecule has 8 nitrogen and oxygen atoms in total. The zero-order valence-corrected chi connectivity index (χ0v) is 19.1. The monoisotopic (exact) mass is 459 g/mol. The Balaban J connectivity index is 1.51. The lowest BCUT2D eigenvalue weighted by Gasteiger charge is -2.23. The van der Waals surface area contributed by atoms with Crippen molar-refractivity contribution >= 4 is 27.5 Å². The van der Waals surface area contributed by atoms with Gasteiger partial charge in [0.05, 0.1) is 11.2 Å². The van der Waals surface area contributed by atoms with Crippen molar-refractivity contribution in [1.82, 2.24) is 9.62 Å². The van der Waals surface area contributed by atoms with Crippen molar-refractivity contribution in [3.05, 3.63) is 47.9 Å². The molecule has 0 aliphatic carbocycles. The van der Waals surface area contributed by atoms with E-state index in [1.807, 2.05) is 6.07 Å². The highest BCUT2D eigenvalue weighted by Crippen LogP contribution is 2.35. The number of rotatable bonds is 6. The molecule has 1 atom stereocenters. The zero-order valence-electron chi connectivity index (χ0n) is 18.2. The van der Waals surface area contributed by atoms with E-state index in [2.05, 4.69) is 5.32 Å². The van der Waals surface area contributed by atoms with Crippen LogP contribution in [0.5, 0.6) is 0 Å². The summed E-state index contributed by atoms with van der Waals surface area (Å²) in [6, 6.07) is 7.76. The summed E-state index contributed by atoms with van der Waals surface area (Å²) < 4.78 is 33.2. The number of furan rings is 1.